The summed E-state index contributed by atoms with van der Waals surface area (Å²) in [6, 6.07) is 11.7. The number of para-hydroxylation sites is 2. The molecule has 0 aromatic heterocycles. The molecule has 14 heteroatoms. The van der Waals surface area contributed by atoms with Crippen molar-refractivity contribution in [1.82, 2.24) is 4.90 Å². The van der Waals surface area contributed by atoms with Crippen LogP contribution in [-0.4, -0.2) is 76.5 Å². The number of fused-ring (bicyclic) bond motifs is 1. The number of anilines is 1. The molecule has 2 aliphatic heterocycles. The second-order valence-corrected chi connectivity index (χ2v) is 11.7. The van der Waals surface area contributed by atoms with Gasteiger partial charge in [-0.15, -0.1) is 0 Å². The van der Waals surface area contributed by atoms with Crippen LogP contribution in [0.4, 0.5) is 18.9 Å². The maximum atomic E-state index is 12.9. The first-order chi connectivity index (χ1) is 18.3. The van der Waals surface area contributed by atoms with Crippen LogP contribution in [0, 0.1) is 0 Å². The number of piperidine rings is 1. The van der Waals surface area contributed by atoms with E-state index in [0.717, 1.165) is 17.6 Å². The largest absolute Gasteiger partial charge is 0.490 e. The van der Waals surface area contributed by atoms with Crippen LogP contribution in [-0.2, 0) is 30.7 Å². The van der Waals surface area contributed by atoms with Gasteiger partial charge in [-0.1, -0.05) is 23.7 Å². The number of nitrogens with zero attached hydrogens (tertiary/aromatic N) is 1. The van der Waals surface area contributed by atoms with Gasteiger partial charge in [0, 0.05) is 43.9 Å². The number of sulfonamides is 1. The Kier molecular flexibility index (Phi) is 8.84. The third-order valence-corrected chi connectivity index (χ3v) is 7.21. The molecular weight excluding hydrogens is 565 g/mol. The standard InChI is InChI=1S/C25H28ClF3N2O7S/c1-39(33,34)30-20-4-2-3-5-22(20)36-16-35-15-19(37-23(32)25(27,28)29)14-31-10-8-24(9-11-31)13-17-12-18(26)6-7-21(17)38-24/h2-7,12,19,30H,8-11,13-16H2,1H3/t19-/m0/s1. The number of rotatable bonds is 10. The van der Waals surface area contributed by atoms with E-state index in [4.69, 9.17) is 30.5 Å². The van der Waals surface area contributed by atoms with Gasteiger partial charge >= 0.3 is 12.1 Å². The first-order valence-corrected chi connectivity index (χ1v) is 14.3. The predicted molar refractivity (Wildman–Crippen MR) is 136 cm³/mol. The first-order valence-electron chi connectivity index (χ1n) is 12.1. The Bertz CT molecular complexity index is 1280. The van der Waals surface area contributed by atoms with E-state index < -0.39 is 40.7 Å². The van der Waals surface area contributed by atoms with Gasteiger partial charge in [-0.05, 0) is 35.9 Å². The molecule has 0 bridgehead atoms. The molecule has 9 nitrogen and oxygen atoms in total. The Hall–Kier alpha value is -2.74. The Morgan fingerprint density at radius 3 is 2.62 bits per heavy atom. The van der Waals surface area contributed by atoms with Gasteiger partial charge in [0.05, 0.1) is 18.6 Å². The molecule has 2 aromatic rings. The van der Waals surface area contributed by atoms with Crippen molar-refractivity contribution in [2.24, 2.45) is 0 Å². The number of carbonyl (C=O) groups excluding carboxylic acids is 1. The van der Waals surface area contributed by atoms with E-state index in [9.17, 15) is 26.4 Å². The van der Waals surface area contributed by atoms with E-state index in [0.29, 0.717) is 37.4 Å². The number of benzene rings is 2. The van der Waals surface area contributed by atoms with Gasteiger partial charge < -0.3 is 18.9 Å². The van der Waals surface area contributed by atoms with Crippen LogP contribution >= 0.6 is 11.6 Å². The summed E-state index contributed by atoms with van der Waals surface area (Å²) in [6.07, 6.45) is -3.43. The lowest BCUT2D eigenvalue weighted by atomic mass is 9.87. The minimum absolute atomic E-state index is 0.0168. The Balaban J connectivity index is 1.32. The summed E-state index contributed by atoms with van der Waals surface area (Å²) in [5, 5.41) is 0.625. The lowest BCUT2D eigenvalue weighted by molar-refractivity contribution is -0.208. The van der Waals surface area contributed by atoms with Crippen molar-refractivity contribution < 1.29 is 45.3 Å². The molecule has 1 spiro atoms. The molecule has 0 amide bonds. The molecule has 0 unspecified atom stereocenters. The maximum Gasteiger partial charge on any atom is 0.490 e. The SMILES string of the molecule is CS(=O)(=O)Nc1ccccc1OCOC[C@H](CN1CCC2(CC1)Cc1cc(Cl)ccc1O2)OC(=O)C(F)(F)F. The first kappa shape index (κ1) is 29.2. The molecule has 1 N–H and O–H groups in total. The average molecular weight is 593 g/mol. The zero-order valence-corrected chi connectivity index (χ0v) is 22.6. The number of esters is 1. The molecule has 1 atom stereocenters. The molecule has 2 heterocycles. The zero-order chi connectivity index (χ0) is 28.3. The van der Waals surface area contributed by atoms with E-state index in [2.05, 4.69) is 4.72 Å². The molecule has 39 heavy (non-hydrogen) atoms. The Labute approximate surface area is 229 Å². The zero-order valence-electron chi connectivity index (χ0n) is 21.0. The molecule has 1 fully saturated rings. The maximum absolute atomic E-state index is 12.9. The molecule has 0 saturated carbocycles. The third-order valence-electron chi connectivity index (χ3n) is 6.38. The number of alkyl halides is 3. The van der Waals surface area contributed by atoms with Crippen LogP contribution < -0.4 is 14.2 Å². The summed E-state index contributed by atoms with van der Waals surface area (Å²) in [5.41, 5.74) is 0.790. The molecule has 214 valence electrons. The van der Waals surface area contributed by atoms with Gasteiger partial charge in [0.15, 0.2) is 6.79 Å². The van der Waals surface area contributed by atoms with Gasteiger partial charge in [0.2, 0.25) is 10.0 Å². The summed E-state index contributed by atoms with van der Waals surface area (Å²) in [7, 11) is -3.57. The fourth-order valence-electron chi connectivity index (χ4n) is 4.62. The van der Waals surface area contributed by atoms with Crippen molar-refractivity contribution >= 4 is 33.3 Å². The van der Waals surface area contributed by atoms with Crippen molar-refractivity contribution in [2.75, 3.05) is 44.0 Å². The summed E-state index contributed by atoms with van der Waals surface area (Å²) >= 11 is 6.09. The van der Waals surface area contributed by atoms with E-state index in [1.807, 2.05) is 17.0 Å². The van der Waals surface area contributed by atoms with Gasteiger partial charge in [-0.2, -0.15) is 13.2 Å². The Morgan fingerprint density at radius 2 is 1.92 bits per heavy atom. The number of carbonyl (C=O) groups is 1. The second kappa shape index (κ2) is 11.8. The topological polar surface area (TPSA) is 103 Å². The summed E-state index contributed by atoms with van der Waals surface area (Å²) in [5.74, 6) is -1.36. The smallest absolute Gasteiger partial charge is 0.487 e. The van der Waals surface area contributed by atoms with E-state index >= 15 is 0 Å². The highest BCUT2D eigenvalue weighted by atomic mass is 35.5. The van der Waals surface area contributed by atoms with Crippen LogP contribution in [0.2, 0.25) is 5.02 Å². The lowest BCUT2D eigenvalue weighted by Gasteiger charge is -2.39. The fourth-order valence-corrected chi connectivity index (χ4v) is 5.38. The van der Waals surface area contributed by atoms with Crippen molar-refractivity contribution in [3.63, 3.8) is 0 Å². The fraction of sp³-hybridized carbons (Fsp3) is 0.480. The number of ether oxygens (including phenoxy) is 4. The van der Waals surface area contributed by atoms with Crippen LogP contribution in [0.3, 0.4) is 0 Å². The van der Waals surface area contributed by atoms with Gasteiger partial charge in [0.25, 0.3) is 0 Å². The number of hydrogen-bond acceptors (Lipinski definition) is 8. The van der Waals surface area contributed by atoms with E-state index in [1.54, 1.807) is 18.2 Å². The summed E-state index contributed by atoms with van der Waals surface area (Å²) < 4.78 is 85.8. The van der Waals surface area contributed by atoms with Gasteiger partial charge in [-0.25, -0.2) is 13.2 Å². The van der Waals surface area contributed by atoms with E-state index in [1.165, 1.54) is 12.1 Å². The highest BCUT2D eigenvalue weighted by molar-refractivity contribution is 7.92. The van der Waals surface area contributed by atoms with Crippen molar-refractivity contribution in [3.05, 3.63) is 53.1 Å². The monoisotopic (exact) mass is 592 g/mol. The molecule has 2 aliphatic rings. The number of nitrogens with one attached hydrogen (secondary N) is 1. The van der Waals surface area contributed by atoms with Crippen molar-refractivity contribution in [2.45, 2.75) is 37.1 Å². The number of likely N-dealkylation sites (tertiary alicyclic amines) is 1. The van der Waals surface area contributed by atoms with Crippen LogP contribution in [0.1, 0.15) is 18.4 Å². The van der Waals surface area contributed by atoms with Crippen molar-refractivity contribution in [3.8, 4) is 11.5 Å². The van der Waals surface area contributed by atoms with Gasteiger partial charge in [-0.3, -0.25) is 9.62 Å². The normalized spacial score (nSPS) is 17.8. The van der Waals surface area contributed by atoms with Crippen LogP contribution in [0.25, 0.3) is 0 Å². The van der Waals surface area contributed by atoms with E-state index in [-0.39, 0.29) is 24.6 Å². The minimum Gasteiger partial charge on any atom is -0.487 e. The highest BCUT2D eigenvalue weighted by Crippen LogP contribution is 2.42. The van der Waals surface area contributed by atoms with Crippen LogP contribution in [0.15, 0.2) is 42.5 Å². The molecule has 0 radical (unpaired) electrons. The number of hydrogen-bond donors (Lipinski definition) is 1. The number of halogens is 4. The molecule has 2 aromatic carbocycles. The lowest BCUT2D eigenvalue weighted by Crippen LogP contribution is -2.50. The predicted octanol–water partition coefficient (Wildman–Crippen LogP) is 4.01. The Morgan fingerprint density at radius 1 is 1.21 bits per heavy atom. The van der Waals surface area contributed by atoms with Crippen molar-refractivity contribution in [1.29, 1.82) is 0 Å². The summed E-state index contributed by atoms with van der Waals surface area (Å²) in [6.45, 7) is 0.264. The highest BCUT2D eigenvalue weighted by Gasteiger charge is 2.44. The average Bonchev–Trinajstić information content (AvgIpc) is 3.19. The van der Waals surface area contributed by atoms with Crippen LogP contribution in [0.5, 0.6) is 11.5 Å². The second-order valence-electron chi connectivity index (χ2n) is 9.54. The van der Waals surface area contributed by atoms with Gasteiger partial charge in [0.1, 0.15) is 23.2 Å². The molecule has 0 aliphatic carbocycles. The molecule has 1 saturated heterocycles. The molecular formula is C25H28ClF3N2O7S. The molecule has 4 rings (SSSR count). The summed E-state index contributed by atoms with van der Waals surface area (Å²) in [4.78, 5) is 13.5. The quantitative estimate of drug-likeness (QED) is 0.251. The minimum atomic E-state index is -5.15. The third kappa shape index (κ3) is 8.13.